The average molecular weight is 266 g/mol. The van der Waals surface area contributed by atoms with Gasteiger partial charge in [0.05, 0.1) is 7.11 Å². The van der Waals surface area contributed by atoms with Crippen molar-refractivity contribution in [2.45, 2.75) is 25.3 Å². The van der Waals surface area contributed by atoms with Crippen molar-refractivity contribution in [3.8, 4) is 5.75 Å². The Hall–Kier alpha value is -0.730. The smallest absolute Gasteiger partial charge is 0.120 e. The Kier molecular flexibility index (Phi) is 3.25. The molecule has 2 fully saturated rings. The van der Waals surface area contributed by atoms with Crippen LogP contribution in [0.4, 0.5) is 0 Å². The third-order valence-electron chi connectivity index (χ3n) is 4.71. The molecule has 2 aliphatic carbocycles. The van der Waals surface area contributed by atoms with Crippen LogP contribution in [0, 0.1) is 17.8 Å². The maximum Gasteiger partial charge on any atom is 0.120 e. The fraction of sp³-hybridized carbons (Fsp3) is 0.600. The zero-order valence-electron chi connectivity index (χ0n) is 10.9. The summed E-state index contributed by atoms with van der Waals surface area (Å²) in [6, 6.07) is 6.43. The van der Waals surface area contributed by atoms with Gasteiger partial charge in [-0.25, -0.2) is 0 Å². The summed E-state index contributed by atoms with van der Waals surface area (Å²) in [6.45, 7) is 0. The van der Waals surface area contributed by atoms with Crippen LogP contribution in [0.1, 0.15) is 30.9 Å². The number of halogens is 1. The minimum atomic E-state index is 0.402. The van der Waals surface area contributed by atoms with Gasteiger partial charge in [-0.05, 0) is 55.3 Å². The monoisotopic (exact) mass is 265 g/mol. The molecule has 1 aromatic rings. The van der Waals surface area contributed by atoms with E-state index in [9.17, 15) is 0 Å². The van der Waals surface area contributed by atoms with Crippen molar-refractivity contribution in [2.24, 2.45) is 17.8 Å². The minimum absolute atomic E-state index is 0.402. The Morgan fingerprint density at radius 2 is 2.06 bits per heavy atom. The van der Waals surface area contributed by atoms with Gasteiger partial charge in [-0.3, -0.25) is 0 Å². The van der Waals surface area contributed by atoms with Gasteiger partial charge in [0.1, 0.15) is 5.75 Å². The Balaban J connectivity index is 1.83. The van der Waals surface area contributed by atoms with E-state index in [0.29, 0.717) is 6.04 Å². The molecule has 3 heteroatoms. The van der Waals surface area contributed by atoms with Gasteiger partial charge in [0.2, 0.25) is 0 Å². The van der Waals surface area contributed by atoms with Gasteiger partial charge in [-0.15, -0.1) is 0 Å². The number of fused-ring (bicyclic) bond motifs is 1. The number of hydrogen-bond donors (Lipinski definition) is 1. The summed E-state index contributed by atoms with van der Waals surface area (Å²) in [6.07, 6.45) is 4.22. The largest absolute Gasteiger partial charge is 0.497 e. The Labute approximate surface area is 114 Å². The predicted molar refractivity (Wildman–Crippen MR) is 74.1 cm³/mol. The van der Waals surface area contributed by atoms with Crippen LogP contribution in [0.2, 0.25) is 5.02 Å². The molecule has 2 aliphatic rings. The first-order chi connectivity index (χ1) is 8.76. The maximum atomic E-state index is 6.39. The van der Waals surface area contributed by atoms with Crippen LogP contribution in [0.25, 0.3) is 0 Å². The first kappa shape index (κ1) is 12.3. The van der Waals surface area contributed by atoms with Crippen LogP contribution < -0.4 is 10.1 Å². The lowest BCUT2D eigenvalue weighted by Crippen LogP contribution is -2.21. The highest BCUT2D eigenvalue weighted by Gasteiger charge is 2.55. The van der Waals surface area contributed by atoms with E-state index in [4.69, 9.17) is 16.3 Å². The van der Waals surface area contributed by atoms with Gasteiger partial charge in [-0.1, -0.05) is 24.1 Å². The molecule has 3 rings (SSSR count). The topological polar surface area (TPSA) is 21.3 Å². The van der Waals surface area contributed by atoms with Crippen LogP contribution in [0.5, 0.6) is 5.75 Å². The summed E-state index contributed by atoms with van der Waals surface area (Å²) in [5.74, 6) is 3.48. The van der Waals surface area contributed by atoms with Crippen molar-refractivity contribution in [3.63, 3.8) is 0 Å². The molecule has 2 saturated carbocycles. The molecule has 18 heavy (non-hydrogen) atoms. The van der Waals surface area contributed by atoms with Gasteiger partial charge in [0.15, 0.2) is 0 Å². The first-order valence-electron chi connectivity index (χ1n) is 6.77. The second kappa shape index (κ2) is 4.75. The molecule has 0 aromatic heterocycles. The highest BCUT2D eigenvalue weighted by Crippen LogP contribution is 2.62. The van der Waals surface area contributed by atoms with Crippen LogP contribution >= 0.6 is 11.6 Å². The summed E-state index contributed by atoms with van der Waals surface area (Å²) in [7, 11) is 3.71. The Bertz CT molecular complexity index is 438. The fourth-order valence-corrected chi connectivity index (χ4v) is 4.10. The lowest BCUT2D eigenvalue weighted by Gasteiger charge is -2.20. The van der Waals surface area contributed by atoms with E-state index < -0.39 is 0 Å². The summed E-state index contributed by atoms with van der Waals surface area (Å²) in [5, 5.41) is 4.28. The number of nitrogens with one attached hydrogen (secondary N) is 1. The quantitative estimate of drug-likeness (QED) is 0.897. The third-order valence-corrected chi connectivity index (χ3v) is 5.04. The third kappa shape index (κ3) is 1.92. The Morgan fingerprint density at radius 1 is 1.33 bits per heavy atom. The van der Waals surface area contributed by atoms with E-state index >= 15 is 0 Å². The molecule has 3 atom stereocenters. The SMILES string of the molecule is CNC(c1ccc(OC)cc1Cl)C1C2CCCC21. The molecule has 0 amide bonds. The molecule has 3 unspecified atom stereocenters. The molecule has 98 valence electrons. The molecule has 1 aromatic carbocycles. The molecule has 0 saturated heterocycles. The van der Waals surface area contributed by atoms with Gasteiger partial charge in [0.25, 0.3) is 0 Å². The molecule has 2 nitrogen and oxygen atoms in total. The summed E-state index contributed by atoms with van der Waals surface area (Å²) in [5.41, 5.74) is 1.22. The molecule has 0 radical (unpaired) electrons. The molecule has 0 spiro atoms. The molecular weight excluding hydrogens is 246 g/mol. The predicted octanol–water partition coefficient (Wildman–Crippen LogP) is 3.66. The van der Waals surface area contributed by atoms with E-state index in [1.165, 1.54) is 24.8 Å². The molecular formula is C15H20ClNO. The Morgan fingerprint density at radius 3 is 2.61 bits per heavy atom. The van der Waals surface area contributed by atoms with E-state index in [-0.39, 0.29) is 0 Å². The lowest BCUT2D eigenvalue weighted by atomic mass is 9.97. The van der Waals surface area contributed by atoms with Crippen molar-refractivity contribution >= 4 is 11.6 Å². The number of ether oxygens (including phenoxy) is 1. The van der Waals surface area contributed by atoms with E-state index in [1.54, 1.807) is 7.11 Å². The highest BCUT2D eigenvalue weighted by molar-refractivity contribution is 6.31. The molecule has 0 aliphatic heterocycles. The van der Waals surface area contributed by atoms with Gasteiger partial charge in [0, 0.05) is 11.1 Å². The van der Waals surface area contributed by atoms with E-state index in [2.05, 4.69) is 11.4 Å². The normalized spacial score (nSPS) is 30.9. The van der Waals surface area contributed by atoms with Crippen molar-refractivity contribution in [3.05, 3.63) is 28.8 Å². The van der Waals surface area contributed by atoms with Crippen LogP contribution in [-0.4, -0.2) is 14.2 Å². The second-order valence-electron chi connectivity index (χ2n) is 5.49. The van der Waals surface area contributed by atoms with Crippen molar-refractivity contribution in [1.82, 2.24) is 5.32 Å². The van der Waals surface area contributed by atoms with Crippen LogP contribution in [0.3, 0.4) is 0 Å². The molecule has 1 N–H and O–H groups in total. The van der Waals surface area contributed by atoms with Gasteiger partial charge < -0.3 is 10.1 Å². The summed E-state index contributed by atoms with van der Waals surface area (Å²) < 4.78 is 5.21. The van der Waals surface area contributed by atoms with Crippen molar-refractivity contribution < 1.29 is 4.74 Å². The number of rotatable bonds is 4. The zero-order chi connectivity index (χ0) is 12.7. The molecule has 0 bridgehead atoms. The van der Waals surface area contributed by atoms with Crippen LogP contribution in [0.15, 0.2) is 18.2 Å². The second-order valence-corrected chi connectivity index (χ2v) is 5.90. The highest BCUT2D eigenvalue weighted by atomic mass is 35.5. The standard InChI is InChI=1S/C15H20ClNO/c1-17-15(14-10-4-3-5-11(10)14)12-7-6-9(18-2)8-13(12)16/h6-8,10-11,14-15,17H,3-5H2,1-2H3. The van der Waals surface area contributed by atoms with E-state index in [1.807, 2.05) is 19.2 Å². The number of benzene rings is 1. The van der Waals surface area contributed by atoms with E-state index in [0.717, 1.165) is 28.5 Å². The van der Waals surface area contributed by atoms with Gasteiger partial charge >= 0.3 is 0 Å². The lowest BCUT2D eigenvalue weighted by molar-refractivity contribution is 0.413. The fourth-order valence-electron chi connectivity index (χ4n) is 3.81. The van der Waals surface area contributed by atoms with Gasteiger partial charge in [-0.2, -0.15) is 0 Å². The average Bonchev–Trinajstić information content (AvgIpc) is 2.85. The van der Waals surface area contributed by atoms with Crippen LogP contribution in [-0.2, 0) is 0 Å². The number of methoxy groups -OCH3 is 1. The summed E-state index contributed by atoms with van der Waals surface area (Å²) in [4.78, 5) is 0. The summed E-state index contributed by atoms with van der Waals surface area (Å²) >= 11 is 6.39. The van der Waals surface area contributed by atoms with Crippen molar-refractivity contribution in [1.29, 1.82) is 0 Å². The number of hydrogen-bond acceptors (Lipinski definition) is 2. The van der Waals surface area contributed by atoms with Crippen molar-refractivity contribution in [2.75, 3.05) is 14.2 Å². The maximum absolute atomic E-state index is 6.39. The first-order valence-corrected chi connectivity index (χ1v) is 7.14. The minimum Gasteiger partial charge on any atom is -0.497 e. The molecule has 0 heterocycles. The zero-order valence-corrected chi connectivity index (χ0v) is 11.7.